The van der Waals surface area contributed by atoms with Crippen LogP contribution in [0, 0.1) is 0 Å². The Labute approximate surface area is 297 Å². The number of fused-ring (bicyclic) bond motifs is 6. The summed E-state index contributed by atoms with van der Waals surface area (Å²) in [5, 5.41) is 0. The minimum Gasteiger partial charge on any atom is -0.399 e. The summed E-state index contributed by atoms with van der Waals surface area (Å²) in [7, 11) is -0.848. The molecule has 0 aromatic heterocycles. The zero-order valence-electron chi connectivity index (χ0n) is 30.4. The molecule has 4 aliphatic rings. The number of rotatable bonds is 4. The lowest BCUT2D eigenvalue weighted by Crippen LogP contribution is -2.41. The summed E-state index contributed by atoms with van der Waals surface area (Å²) < 4.78 is 25.9. The predicted octanol–water partition coefficient (Wildman–Crippen LogP) is 8.22. The van der Waals surface area contributed by atoms with E-state index >= 15 is 0 Å². The molecule has 4 nitrogen and oxygen atoms in total. The van der Waals surface area contributed by atoms with E-state index < -0.39 is 42.1 Å². The molecule has 2 saturated heterocycles. The van der Waals surface area contributed by atoms with Crippen LogP contribution < -0.4 is 10.9 Å². The van der Waals surface area contributed by atoms with Gasteiger partial charge in [0.1, 0.15) is 0 Å². The summed E-state index contributed by atoms with van der Waals surface area (Å²) >= 11 is 0. The average Bonchev–Trinajstić information content (AvgIpc) is 3.73. The van der Waals surface area contributed by atoms with E-state index in [4.69, 9.17) is 18.6 Å². The Balaban J connectivity index is 1.23. The Bertz CT molecular complexity index is 2050. The van der Waals surface area contributed by atoms with Crippen LogP contribution in [0.5, 0.6) is 0 Å². The second kappa shape index (κ2) is 10.6. The maximum Gasteiger partial charge on any atom is 0.494 e. The lowest BCUT2D eigenvalue weighted by Gasteiger charge is -2.34. The molecule has 2 heterocycles. The van der Waals surface area contributed by atoms with E-state index in [1.54, 1.807) is 0 Å². The molecule has 0 atom stereocenters. The van der Waals surface area contributed by atoms with Crippen LogP contribution in [0.3, 0.4) is 0 Å². The van der Waals surface area contributed by atoms with Gasteiger partial charge in [-0.3, -0.25) is 0 Å². The van der Waals surface area contributed by atoms with E-state index in [1.807, 2.05) is 0 Å². The lowest BCUT2D eigenvalue weighted by molar-refractivity contribution is 0.00578. The second-order valence-corrected chi connectivity index (χ2v) is 16.6. The van der Waals surface area contributed by atoms with Crippen LogP contribution in [0.25, 0.3) is 22.3 Å². The molecular weight excluding hydrogens is 614 g/mol. The van der Waals surface area contributed by atoms with Crippen molar-refractivity contribution < 1.29 is 18.6 Å². The molecule has 0 radical (unpaired) electrons. The first-order chi connectivity index (χ1) is 23.7. The maximum absolute atomic E-state index is 6.47. The van der Waals surface area contributed by atoms with Gasteiger partial charge >= 0.3 is 14.2 Å². The molecule has 2 fully saturated rings. The van der Waals surface area contributed by atoms with Gasteiger partial charge in [-0.05, 0) is 141 Å². The minimum atomic E-state index is -0.554. The van der Waals surface area contributed by atoms with Crippen molar-refractivity contribution in [1.82, 2.24) is 0 Å². The van der Waals surface area contributed by atoms with Gasteiger partial charge < -0.3 is 18.6 Å². The summed E-state index contributed by atoms with van der Waals surface area (Å²) in [5.74, 6) is 0. The highest BCUT2D eigenvalue weighted by Gasteiger charge is 2.54. The molecule has 50 heavy (non-hydrogen) atoms. The Hall–Kier alpha value is -3.93. The van der Waals surface area contributed by atoms with Crippen molar-refractivity contribution in [2.24, 2.45) is 0 Å². The topological polar surface area (TPSA) is 36.9 Å². The monoisotopic (exact) mass is 658 g/mol. The van der Waals surface area contributed by atoms with Gasteiger partial charge in [0.25, 0.3) is 0 Å². The molecule has 0 bridgehead atoms. The third kappa shape index (κ3) is 4.42. The highest BCUT2D eigenvalue weighted by Crippen LogP contribution is 2.58. The van der Waals surface area contributed by atoms with Crippen LogP contribution in [-0.2, 0) is 30.5 Å². The van der Waals surface area contributed by atoms with Gasteiger partial charge in [-0.15, -0.1) is 0 Å². The number of benzene rings is 5. The van der Waals surface area contributed by atoms with Crippen LogP contribution in [0.1, 0.15) is 88.8 Å². The molecule has 2 aliphatic carbocycles. The highest BCUT2D eigenvalue weighted by atomic mass is 16.7. The molecule has 0 amide bonds. The molecule has 6 heteroatoms. The fraction of sp³-hybridized carbons (Fsp3) is 0.318. The van der Waals surface area contributed by atoms with Crippen molar-refractivity contribution in [3.8, 4) is 22.3 Å². The first-order valence-corrected chi connectivity index (χ1v) is 18.0. The zero-order chi connectivity index (χ0) is 34.8. The van der Waals surface area contributed by atoms with Crippen molar-refractivity contribution >= 4 is 25.2 Å². The van der Waals surface area contributed by atoms with Crippen molar-refractivity contribution in [2.75, 3.05) is 0 Å². The standard InChI is InChI=1S/C44H44B2O4/c1-40(2)41(3,4)48-45(47-40)32-21-17-30(18-22-32)44(31-19-23-33(24-20-31)46-49-42(5,6)43(7,8)50-46)38-16-12-11-15-35(38)37-26-29-25-28-13-9-10-14-34(28)36(29)27-39(37)44/h9-24,26-27H,25H2,1-8H3. The van der Waals surface area contributed by atoms with Gasteiger partial charge in [0.2, 0.25) is 0 Å². The molecule has 0 spiro atoms. The average molecular weight is 658 g/mol. The van der Waals surface area contributed by atoms with Gasteiger partial charge in [0, 0.05) is 0 Å². The van der Waals surface area contributed by atoms with E-state index in [0.29, 0.717) is 0 Å². The highest BCUT2D eigenvalue weighted by molar-refractivity contribution is 6.62. The fourth-order valence-corrected chi connectivity index (χ4v) is 8.43. The van der Waals surface area contributed by atoms with Crippen LogP contribution in [-0.4, -0.2) is 36.6 Å². The molecule has 5 aromatic rings. The normalized spacial score (nSPS) is 21.1. The first-order valence-electron chi connectivity index (χ1n) is 18.0. The molecule has 250 valence electrons. The molecule has 2 aliphatic heterocycles. The quantitative estimate of drug-likeness (QED) is 0.179. The molecule has 0 unspecified atom stereocenters. The van der Waals surface area contributed by atoms with Crippen LogP contribution >= 0.6 is 0 Å². The zero-order valence-corrected chi connectivity index (χ0v) is 30.4. The van der Waals surface area contributed by atoms with Crippen LogP contribution in [0.4, 0.5) is 0 Å². The summed E-state index contributed by atoms with van der Waals surface area (Å²) in [6, 6.07) is 40.7. The fourth-order valence-electron chi connectivity index (χ4n) is 8.43. The van der Waals surface area contributed by atoms with Crippen molar-refractivity contribution in [1.29, 1.82) is 0 Å². The van der Waals surface area contributed by atoms with Gasteiger partial charge in [-0.25, -0.2) is 0 Å². The summed E-state index contributed by atoms with van der Waals surface area (Å²) in [6.45, 7) is 16.8. The van der Waals surface area contributed by atoms with Crippen molar-refractivity contribution in [2.45, 2.75) is 89.6 Å². The summed E-state index contributed by atoms with van der Waals surface area (Å²) in [6.07, 6.45) is 0.958. The van der Waals surface area contributed by atoms with Gasteiger partial charge in [0.05, 0.1) is 27.8 Å². The van der Waals surface area contributed by atoms with Gasteiger partial charge in [-0.1, -0.05) is 97.1 Å². The SMILES string of the molecule is CC1(C)OB(c2ccc(C3(c4ccc(B5OC(C)(C)C(C)(C)O5)cc4)c4ccccc4-c4cc5c(cc43)-c3ccccc3C5)cc2)OC1(C)C. The smallest absolute Gasteiger partial charge is 0.399 e. The third-order valence-electron chi connectivity index (χ3n) is 12.7. The van der Waals surface area contributed by atoms with E-state index in [9.17, 15) is 0 Å². The Morgan fingerprint density at radius 1 is 0.420 bits per heavy atom. The largest absolute Gasteiger partial charge is 0.494 e. The third-order valence-corrected chi connectivity index (χ3v) is 12.7. The van der Waals surface area contributed by atoms with Crippen molar-refractivity contribution in [3.63, 3.8) is 0 Å². The lowest BCUT2D eigenvalue weighted by atomic mass is 9.65. The van der Waals surface area contributed by atoms with E-state index in [-0.39, 0.29) is 0 Å². The Morgan fingerprint density at radius 3 is 1.40 bits per heavy atom. The van der Waals surface area contributed by atoms with E-state index in [1.165, 1.54) is 55.6 Å². The predicted molar refractivity (Wildman–Crippen MR) is 203 cm³/mol. The second-order valence-electron chi connectivity index (χ2n) is 16.6. The number of hydrogen-bond donors (Lipinski definition) is 0. The van der Waals surface area contributed by atoms with Crippen molar-refractivity contribution in [3.05, 3.63) is 143 Å². The molecule has 0 N–H and O–H groups in total. The summed E-state index contributed by atoms with van der Waals surface area (Å²) in [5.41, 5.74) is 12.9. The first kappa shape index (κ1) is 32.0. The van der Waals surface area contributed by atoms with Crippen LogP contribution in [0.15, 0.2) is 109 Å². The van der Waals surface area contributed by atoms with Gasteiger partial charge in [-0.2, -0.15) is 0 Å². The number of hydrogen-bond acceptors (Lipinski definition) is 4. The van der Waals surface area contributed by atoms with Crippen LogP contribution in [0.2, 0.25) is 0 Å². The minimum absolute atomic E-state index is 0.406. The van der Waals surface area contributed by atoms with Gasteiger partial charge in [0.15, 0.2) is 0 Å². The molecule has 9 rings (SSSR count). The Kier molecular flexibility index (Phi) is 6.76. The Morgan fingerprint density at radius 2 is 0.880 bits per heavy atom. The molecule has 0 saturated carbocycles. The maximum atomic E-state index is 6.47. The van der Waals surface area contributed by atoms with E-state index in [0.717, 1.165) is 17.3 Å². The molecular formula is C44H44B2O4. The molecule has 5 aromatic carbocycles. The van der Waals surface area contributed by atoms with E-state index in [2.05, 4.69) is 165 Å². The summed E-state index contributed by atoms with van der Waals surface area (Å²) in [4.78, 5) is 0.